The third kappa shape index (κ3) is 4.03. The largest absolute Gasteiger partial charge is 0.491 e. The van der Waals surface area contributed by atoms with Crippen LogP contribution in [0.5, 0.6) is 5.75 Å². The summed E-state index contributed by atoms with van der Waals surface area (Å²) >= 11 is 6.24. The number of benzene rings is 3. The van der Waals surface area contributed by atoms with Crippen molar-refractivity contribution in [2.75, 3.05) is 7.11 Å². The average Bonchev–Trinajstić information content (AvgIpc) is 2.75. The molecule has 1 heterocycles. The molecule has 0 bridgehead atoms. The van der Waals surface area contributed by atoms with E-state index in [1.807, 2.05) is 30.3 Å². The number of hydrogen-bond donors (Lipinski definition) is 0. The van der Waals surface area contributed by atoms with Crippen molar-refractivity contribution in [3.05, 3.63) is 99.3 Å². The van der Waals surface area contributed by atoms with Crippen LogP contribution in [0, 0.1) is 0 Å². The summed E-state index contributed by atoms with van der Waals surface area (Å²) in [5.74, 6) is 0.105. The standard InChI is InChI=1S/C24H17ClF3NO2/c1-31-22-21(16-7-3-2-4-8-16)19-13-18(25)10-11-20(19)29(23(22)30)14-15-6-5-9-17(12-15)24(26,27)28/h2-13H,14H2,1H3. The molecule has 3 nitrogen and oxygen atoms in total. The molecule has 0 amide bonds. The van der Waals surface area contributed by atoms with Gasteiger partial charge in [0, 0.05) is 16.0 Å². The Kier molecular flexibility index (Phi) is 5.50. The molecule has 0 spiro atoms. The molecule has 0 saturated heterocycles. The highest BCUT2D eigenvalue weighted by molar-refractivity contribution is 6.31. The van der Waals surface area contributed by atoms with Crippen LogP contribution in [-0.2, 0) is 12.7 Å². The number of fused-ring (bicyclic) bond motifs is 1. The van der Waals surface area contributed by atoms with Crippen LogP contribution in [0.4, 0.5) is 13.2 Å². The van der Waals surface area contributed by atoms with Gasteiger partial charge in [0.05, 0.1) is 24.7 Å². The zero-order chi connectivity index (χ0) is 22.2. The van der Waals surface area contributed by atoms with E-state index in [9.17, 15) is 18.0 Å². The number of ether oxygens (including phenoxy) is 1. The Morgan fingerprint density at radius 3 is 2.39 bits per heavy atom. The molecule has 1 aromatic heterocycles. The van der Waals surface area contributed by atoms with E-state index in [1.54, 1.807) is 24.3 Å². The van der Waals surface area contributed by atoms with Gasteiger partial charge in [-0.05, 0) is 41.5 Å². The number of pyridine rings is 1. The van der Waals surface area contributed by atoms with Crippen molar-refractivity contribution in [1.29, 1.82) is 0 Å². The molecule has 31 heavy (non-hydrogen) atoms. The van der Waals surface area contributed by atoms with Crippen LogP contribution < -0.4 is 10.3 Å². The fourth-order valence-electron chi connectivity index (χ4n) is 3.67. The fraction of sp³-hybridized carbons (Fsp3) is 0.125. The fourth-order valence-corrected chi connectivity index (χ4v) is 3.84. The van der Waals surface area contributed by atoms with Gasteiger partial charge in [0.15, 0.2) is 5.75 Å². The van der Waals surface area contributed by atoms with Crippen molar-refractivity contribution in [3.8, 4) is 16.9 Å². The summed E-state index contributed by atoms with van der Waals surface area (Å²) in [6.45, 7) is -0.0493. The zero-order valence-corrected chi connectivity index (χ0v) is 17.2. The van der Waals surface area contributed by atoms with E-state index in [2.05, 4.69) is 0 Å². The number of nitrogens with zero attached hydrogens (tertiary/aromatic N) is 1. The molecule has 0 aliphatic carbocycles. The number of methoxy groups -OCH3 is 1. The monoisotopic (exact) mass is 443 g/mol. The third-order valence-corrected chi connectivity index (χ3v) is 5.28. The molecule has 0 saturated carbocycles. The molecule has 3 aromatic carbocycles. The van der Waals surface area contributed by atoms with Gasteiger partial charge in [-0.15, -0.1) is 0 Å². The second kappa shape index (κ2) is 8.12. The highest BCUT2D eigenvalue weighted by Gasteiger charge is 2.30. The van der Waals surface area contributed by atoms with Crippen LogP contribution in [-0.4, -0.2) is 11.7 Å². The molecule has 0 aliphatic rings. The van der Waals surface area contributed by atoms with Gasteiger partial charge in [0.25, 0.3) is 5.56 Å². The average molecular weight is 444 g/mol. The SMILES string of the molecule is COc1c(-c2ccccc2)c2cc(Cl)ccc2n(Cc2cccc(C(F)(F)F)c2)c1=O. The summed E-state index contributed by atoms with van der Waals surface area (Å²) in [6, 6.07) is 19.3. The summed E-state index contributed by atoms with van der Waals surface area (Å²) in [5.41, 5.74) is 1.06. The maximum atomic E-state index is 13.4. The van der Waals surface area contributed by atoms with Crippen LogP contribution in [0.1, 0.15) is 11.1 Å². The highest BCUT2D eigenvalue weighted by atomic mass is 35.5. The molecule has 0 N–H and O–H groups in total. The number of halogens is 4. The highest BCUT2D eigenvalue weighted by Crippen LogP contribution is 2.36. The molecule has 158 valence electrons. The summed E-state index contributed by atoms with van der Waals surface area (Å²) in [7, 11) is 1.40. The third-order valence-electron chi connectivity index (χ3n) is 5.05. The van der Waals surface area contributed by atoms with Crippen LogP contribution in [0.3, 0.4) is 0 Å². The smallest absolute Gasteiger partial charge is 0.416 e. The minimum Gasteiger partial charge on any atom is -0.491 e. The predicted octanol–water partition coefficient (Wildman–Crippen LogP) is 6.40. The van der Waals surface area contributed by atoms with Crippen LogP contribution in [0.25, 0.3) is 22.0 Å². The van der Waals surface area contributed by atoms with E-state index in [-0.39, 0.29) is 12.3 Å². The second-order valence-corrected chi connectivity index (χ2v) is 7.46. The van der Waals surface area contributed by atoms with Gasteiger partial charge < -0.3 is 9.30 Å². The van der Waals surface area contributed by atoms with Gasteiger partial charge in [0.1, 0.15) is 0 Å². The molecule has 4 aromatic rings. The van der Waals surface area contributed by atoms with E-state index in [1.165, 1.54) is 17.7 Å². The van der Waals surface area contributed by atoms with E-state index < -0.39 is 17.3 Å². The van der Waals surface area contributed by atoms with Gasteiger partial charge in [-0.1, -0.05) is 54.1 Å². The Morgan fingerprint density at radius 2 is 1.71 bits per heavy atom. The topological polar surface area (TPSA) is 31.2 Å². The van der Waals surface area contributed by atoms with Crippen molar-refractivity contribution in [1.82, 2.24) is 4.57 Å². The number of hydrogen-bond acceptors (Lipinski definition) is 2. The van der Waals surface area contributed by atoms with Gasteiger partial charge in [-0.2, -0.15) is 13.2 Å². The molecule has 0 radical (unpaired) electrons. The normalized spacial score (nSPS) is 11.6. The summed E-state index contributed by atoms with van der Waals surface area (Å²) < 4.78 is 46.3. The molecule has 0 fully saturated rings. The number of aromatic nitrogens is 1. The first-order valence-electron chi connectivity index (χ1n) is 9.41. The molecular formula is C24H17ClF3NO2. The predicted molar refractivity (Wildman–Crippen MR) is 116 cm³/mol. The lowest BCUT2D eigenvalue weighted by Gasteiger charge is -2.18. The second-order valence-electron chi connectivity index (χ2n) is 7.03. The van der Waals surface area contributed by atoms with E-state index >= 15 is 0 Å². The van der Waals surface area contributed by atoms with E-state index in [4.69, 9.17) is 16.3 Å². The Bertz CT molecular complexity index is 1310. The lowest BCUT2D eigenvalue weighted by molar-refractivity contribution is -0.137. The van der Waals surface area contributed by atoms with Crippen LogP contribution in [0.2, 0.25) is 5.02 Å². The van der Waals surface area contributed by atoms with Gasteiger partial charge in [-0.25, -0.2) is 0 Å². The minimum atomic E-state index is -4.47. The minimum absolute atomic E-state index is 0.0493. The first-order chi connectivity index (χ1) is 14.8. The number of rotatable bonds is 4. The van der Waals surface area contributed by atoms with Crippen LogP contribution >= 0.6 is 11.6 Å². The van der Waals surface area contributed by atoms with Crippen LogP contribution in [0.15, 0.2) is 77.6 Å². The molecule has 0 atom stereocenters. The first kappa shape index (κ1) is 21.0. The zero-order valence-electron chi connectivity index (χ0n) is 16.4. The molecular weight excluding hydrogens is 427 g/mol. The molecule has 0 unspecified atom stereocenters. The van der Waals surface area contributed by atoms with Gasteiger partial charge in [-0.3, -0.25) is 4.79 Å². The molecule has 4 rings (SSSR count). The van der Waals surface area contributed by atoms with Gasteiger partial charge >= 0.3 is 6.18 Å². The number of alkyl halides is 3. The van der Waals surface area contributed by atoms with Crippen molar-refractivity contribution in [2.24, 2.45) is 0 Å². The Hall–Kier alpha value is -3.25. The quantitative estimate of drug-likeness (QED) is 0.365. The van der Waals surface area contributed by atoms with E-state index in [0.717, 1.165) is 17.7 Å². The lowest BCUT2D eigenvalue weighted by Crippen LogP contribution is -2.23. The summed E-state index contributed by atoms with van der Waals surface area (Å²) in [4.78, 5) is 13.4. The van der Waals surface area contributed by atoms with Crippen molar-refractivity contribution >= 4 is 22.5 Å². The maximum absolute atomic E-state index is 13.4. The summed E-state index contributed by atoms with van der Waals surface area (Å²) in [6.07, 6.45) is -4.47. The maximum Gasteiger partial charge on any atom is 0.416 e. The Balaban J connectivity index is 1.98. The van der Waals surface area contributed by atoms with Gasteiger partial charge in [0.2, 0.25) is 0 Å². The first-order valence-corrected chi connectivity index (χ1v) is 9.79. The Labute approximate surface area is 181 Å². The van der Waals surface area contributed by atoms with E-state index in [0.29, 0.717) is 27.1 Å². The van der Waals surface area contributed by atoms with Crippen molar-refractivity contribution in [3.63, 3.8) is 0 Å². The molecule has 0 aliphatic heterocycles. The Morgan fingerprint density at radius 1 is 0.968 bits per heavy atom. The molecule has 7 heteroatoms. The van der Waals surface area contributed by atoms with Crippen molar-refractivity contribution in [2.45, 2.75) is 12.7 Å². The summed E-state index contributed by atoms with van der Waals surface area (Å²) in [5, 5.41) is 1.14. The lowest BCUT2D eigenvalue weighted by atomic mass is 9.99. The van der Waals surface area contributed by atoms with Crippen molar-refractivity contribution < 1.29 is 17.9 Å².